The normalized spacial score (nSPS) is 20.3. The van der Waals surface area contributed by atoms with Gasteiger partial charge in [0.25, 0.3) is 5.91 Å². The number of nitrogens with zero attached hydrogens (tertiary/aromatic N) is 2. The second-order valence-electron chi connectivity index (χ2n) is 6.10. The number of rotatable bonds is 6. The van der Waals surface area contributed by atoms with Crippen molar-refractivity contribution in [1.29, 1.82) is 0 Å². The number of guanidine groups is 1. The first kappa shape index (κ1) is 16.2. The Morgan fingerprint density at radius 2 is 1.67 bits per heavy atom. The molecule has 1 aliphatic heterocycles. The Morgan fingerprint density at radius 1 is 1.04 bits per heavy atom. The van der Waals surface area contributed by atoms with Gasteiger partial charge in [0.15, 0.2) is 11.5 Å². The average molecular weight is 321 g/mol. The zero-order valence-electron chi connectivity index (χ0n) is 14.0. The number of carbonyl (C=O) groups excluding carboxylic acids is 1. The van der Waals surface area contributed by atoms with Crippen molar-refractivity contribution in [2.45, 2.75) is 31.7 Å². The van der Waals surface area contributed by atoms with Crippen LogP contribution in [0.2, 0.25) is 0 Å². The van der Waals surface area contributed by atoms with Crippen molar-refractivity contribution in [2.24, 2.45) is 10.7 Å². The summed E-state index contributed by atoms with van der Waals surface area (Å²) in [5.74, 6) is 0.320. The quantitative estimate of drug-likeness (QED) is 0.889. The standard InChI is InChI=1S/C20H23N3O/c1-2-20(17-13-7-4-8-14-17)18(24)23(19(21)22-20)15-9-12-16-10-5-3-6-11-16/h3-8,10-11,13-14H,2,9,12,15H2,1H3,(H2,21,22). The van der Waals surface area contributed by atoms with Gasteiger partial charge in [0.2, 0.25) is 0 Å². The molecule has 0 radical (unpaired) electrons. The predicted molar refractivity (Wildman–Crippen MR) is 96.5 cm³/mol. The Hall–Kier alpha value is -2.62. The fourth-order valence-electron chi connectivity index (χ4n) is 3.27. The molecule has 2 aromatic carbocycles. The van der Waals surface area contributed by atoms with Gasteiger partial charge >= 0.3 is 0 Å². The Balaban J connectivity index is 1.73. The molecule has 0 aromatic heterocycles. The zero-order chi connectivity index (χ0) is 17.0. The smallest absolute Gasteiger partial charge is 0.261 e. The highest BCUT2D eigenvalue weighted by Gasteiger charge is 2.47. The van der Waals surface area contributed by atoms with Crippen LogP contribution >= 0.6 is 0 Å². The van der Waals surface area contributed by atoms with E-state index in [4.69, 9.17) is 5.73 Å². The molecule has 0 spiro atoms. The predicted octanol–water partition coefficient (Wildman–Crippen LogP) is 3.08. The lowest BCUT2D eigenvalue weighted by molar-refractivity contribution is -0.131. The number of aryl methyl sites for hydroxylation is 1. The fourth-order valence-corrected chi connectivity index (χ4v) is 3.27. The van der Waals surface area contributed by atoms with Crippen molar-refractivity contribution in [1.82, 2.24) is 4.90 Å². The molecule has 24 heavy (non-hydrogen) atoms. The van der Waals surface area contributed by atoms with Crippen LogP contribution in [0.15, 0.2) is 65.7 Å². The molecule has 1 aliphatic rings. The summed E-state index contributed by atoms with van der Waals surface area (Å²) >= 11 is 0. The molecular formula is C20H23N3O. The molecule has 124 valence electrons. The molecule has 1 atom stereocenters. The lowest BCUT2D eigenvalue weighted by Gasteiger charge is -2.25. The molecule has 2 aromatic rings. The number of amides is 1. The summed E-state index contributed by atoms with van der Waals surface area (Å²) in [5, 5.41) is 0. The average Bonchev–Trinajstić information content (AvgIpc) is 2.88. The lowest BCUT2D eigenvalue weighted by atomic mass is 9.87. The minimum Gasteiger partial charge on any atom is -0.369 e. The largest absolute Gasteiger partial charge is 0.369 e. The van der Waals surface area contributed by atoms with E-state index in [-0.39, 0.29) is 5.91 Å². The number of hydrogen-bond donors (Lipinski definition) is 1. The second kappa shape index (κ2) is 6.87. The van der Waals surface area contributed by atoms with E-state index in [1.54, 1.807) is 4.90 Å². The van der Waals surface area contributed by atoms with E-state index in [1.807, 2.05) is 55.5 Å². The third-order valence-corrected chi connectivity index (χ3v) is 4.63. The van der Waals surface area contributed by atoms with Crippen LogP contribution in [0.3, 0.4) is 0 Å². The maximum absolute atomic E-state index is 13.0. The monoisotopic (exact) mass is 321 g/mol. The van der Waals surface area contributed by atoms with Crippen LogP contribution < -0.4 is 5.73 Å². The zero-order valence-corrected chi connectivity index (χ0v) is 14.0. The topological polar surface area (TPSA) is 58.7 Å². The Morgan fingerprint density at radius 3 is 2.29 bits per heavy atom. The van der Waals surface area contributed by atoms with Gasteiger partial charge in [0.1, 0.15) is 0 Å². The molecular weight excluding hydrogens is 298 g/mol. The lowest BCUT2D eigenvalue weighted by Crippen LogP contribution is -2.43. The highest BCUT2D eigenvalue weighted by atomic mass is 16.2. The van der Waals surface area contributed by atoms with E-state index in [2.05, 4.69) is 17.1 Å². The summed E-state index contributed by atoms with van der Waals surface area (Å²) in [6.45, 7) is 2.58. The van der Waals surface area contributed by atoms with E-state index in [9.17, 15) is 4.79 Å². The van der Waals surface area contributed by atoms with Crippen molar-refractivity contribution in [2.75, 3.05) is 6.54 Å². The van der Waals surface area contributed by atoms with E-state index >= 15 is 0 Å². The first-order chi connectivity index (χ1) is 11.7. The number of benzene rings is 2. The summed E-state index contributed by atoms with van der Waals surface area (Å²) in [6.07, 6.45) is 2.38. The molecule has 0 bridgehead atoms. The van der Waals surface area contributed by atoms with Crippen molar-refractivity contribution in [3.05, 3.63) is 71.8 Å². The van der Waals surface area contributed by atoms with Gasteiger partial charge in [-0.15, -0.1) is 0 Å². The molecule has 0 saturated carbocycles. The van der Waals surface area contributed by atoms with Gasteiger partial charge < -0.3 is 5.73 Å². The van der Waals surface area contributed by atoms with Crippen LogP contribution in [0.5, 0.6) is 0 Å². The van der Waals surface area contributed by atoms with Crippen LogP contribution in [-0.2, 0) is 16.8 Å². The van der Waals surface area contributed by atoms with Crippen molar-refractivity contribution in [3.63, 3.8) is 0 Å². The van der Waals surface area contributed by atoms with E-state index in [1.165, 1.54) is 5.56 Å². The highest BCUT2D eigenvalue weighted by molar-refractivity contribution is 6.07. The van der Waals surface area contributed by atoms with E-state index in [0.717, 1.165) is 18.4 Å². The fraction of sp³-hybridized carbons (Fsp3) is 0.300. The summed E-state index contributed by atoms with van der Waals surface area (Å²) in [7, 11) is 0. The Bertz CT molecular complexity index is 727. The summed E-state index contributed by atoms with van der Waals surface area (Å²) in [6, 6.07) is 20.0. The molecule has 4 nitrogen and oxygen atoms in total. The summed E-state index contributed by atoms with van der Waals surface area (Å²) in [5.41, 5.74) is 7.41. The van der Waals surface area contributed by atoms with Crippen LogP contribution in [-0.4, -0.2) is 23.3 Å². The number of nitrogens with two attached hydrogens (primary N) is 1. The highest BCUT2D eigenvalue weighted by Crippen LogP contribution is 2.36. The van der Waals surface area contributed by atoms with Gasteiger partial charge in [-0.3, -0.25) is 9.69 Å². The van der Waals surface area contributed by atoms with Crippen LogP contribution in [0.4, 0.5) is 0 Å². The van der Waals surface area contributed by atoms with Crippen molar-refractivity contribution >= 4 is 11.9 Å². The first-order valence-electron chi connectivity index (χ1n) is 8.44. The Labute approximate surface area is 143 Å². The maximum Gasteiger partial charge on any atom is 0.261 e. The van der Waals surface area contributed by atoms with Crippen LogP contribution in [0.1, 0.15) is 30.9 Å². The van der Waals surface area contributed by atoms with E-state index in [0.29, 0.717) is 18.9 Å². The van der Waals surface area contributed by atoms with Crippen molar-refractivity contribution in [3.8, 4) is 0 Å². The SMILES string of the molecule is CCC1(c2ccccc2)N=C(N)N(CCCc2ccccc2)C1=O. The first-order valence-corrected chi connectivity index (χ1v) is 8.44. The minimum atomic E-state index is -0.863. The van der Waals surface area contributed by atoms with Gasteiger partial charge in [0.05, 0.1) is 0 Å². The molecule has 4 heteroatoms. The molecule has 1 heterocycles. The number of aliphatic imine (C=N–C) groups is 1. The molecule has 0 aliphatic carbocycles. The second-order valence-corrected chi connectivity index (χ2v) is 6.10. The van der Waals surface area contributed by atoms with E-state index < -0.39 is 5.54 Å². The Kier molecular flexibility index (Phi) is 4.65. The number of hydrogen-bond acceptors (Lipinski definition) is 3. The van der Waals surface area contributed by atoms with Gasteiger partial charge in [-0.05, 0) is 30.4 Å². The minimum absolute atomic E-state index is 0.0123. The molecule has 1 amide bonds. The van der Waals surface area contributed by atoms with Crippen LogP contribution in [0, 0.1) is 0 Å². The third kappa shape index (κ3) is 2.92. The van der Waals surface area contributed by atoms with Gasteiger partial charge in [0, 0.05) is 6.54 Å². The molecule has 0 saturated heterocycles. The van der Waals surface area contributed by atoms with Gasteiger partial charge in [-0.1, -0.05) is 67.6 Å². The molecule has 2 N–H and O–H groups in total. The molecule has 1 unspecified atom stereocenters. The maximum atomic E-state index is 13.0. The van der Waals surface area contributed by atoms with Gasteiger partial charge in [-0.2, -0.15) is 0 Å². The third-order valence-electron chi connectivity index (χ3n) is 4.63. The van der Waals surface area contributed by atoms with Gasteiger partial charge in [-0.25, -0.2) is 4.99 Å². The number of carbonyl (C=O) groups is 1. The van der Waals surface area contributed by atoms with Crippen molar-refractivity contribution < 1.29 is 4.79 Å². The molecule has 3 rings (SSSR count). The summed E-state index contributed by atoms with van der Waals surface area (Å²) < 4.78 is 0. The van der Waals surface area contributed by atoms with Crippen LogP contribution in [0.25, 0.3) is 0 Å². The molecule has 0 fully saturated rings. The summed E-state index contributed by atoms with van der Waals surface area (Å²) in [4.78, 5) is 19.2.